The number of halogens is 1. The highest BCUT2D eigenvalue weighted by molar-refractivity contribution is 5.69. The number of carbonyl (C=O) groups excluding carboxylic acids is 1. The second-order valence-corrected chi connectivity index (χ2v) is 5.98. The van der Waals surface area contributed by atoms with E-state index >= 15 is 0 Å². The molecule has 0 spiro atoms. The largest absolute Gasteiger partial charge is 0.493 e. The van der Waals surface area contributed by atoms with Gasteiger partial charge in [0.05, 0.1) is 20.1 Å². The van der Waals surface area contributed by atoms with Gasteiger partial charge in [0.2, 0.25) is 11.9 Å². The van der Waals surface area contributed by atoms with E-state index in [9.17, 15) is 9.18 Å². The summed E-state index contributed by atoms with van der Waals surface area (Å²) in [5, 5.41) is 2.88. The molecule has 0 saturated carbocycles. The third kappa shape index (κ3) is 6.03. The molecule has 0 saturated heterocycles. The van der Waals surface area contributed by atoms with Gasteiger partial charge in [-0.2, -0.15) is 15.0 Å². The molecule has 1 heterocycles. The van der Waals surface area contributed by atoms with Crippen molar-refractivity contribution in [3.05, 3.63) is 60.2 Å². The van der Waals surface area contributed by atoms with Crippen LogP contribution in [-0.4, -0.2) is 34.6 Å². The molecule has 0 unspecified atom stereocenters. The van der Waals surface area contributed by atoms with E-state index < -0.39 is 5.97 Å². The van der Waals surface area contributed by atoms with Crippen molar-refractivity contribution >= 4 is 23.6 Å². The van der Waals surface area contributed by atoms with Crippen LogP contribution in [0.4, 0.5) is 22.0 Å². The summed E-state index contributed by atoms with van der Waals surface area (Å²) in [5.41, 5.74) is 6.25. The van der Waals surface area contributed by atoms with Crippen LogP contribution in [0.2, 0.25) is 0 Å². The highest BCUT2D eigenvalue weighted by Gasteiger charge is 2.10. The van der Waals surface area contributed by atoms with Gasteiger partial charge in [-0.05, 0) is 36.4 Å². The molecule has 0 aliphatic heterocycles. The average Bonchev–Trinajstić information content (AvgIpc) is 2.74. The number of nitrogens with two attached hydrogens (primary N) is 1. The fourth-order valence-electron chi connectivity index (χ4n) is 2.42. The van der Waals surface area contributed by atoms with Gasteiger partial charge in [-0.15, -0.1) is 0 Å². The van der Waals surface area contributed by atoms with E-state index in [0.717, 1.165) is 0 Å². The number of para-hydroxylation sites is 2. The maximum Gasteiger partial charge on any atom is 0.309 e. The summed E-state index contributed by atoms with van der Waals surface area (Å²) in [4.78, 5) is 24.0. The Kier molecular flexibility index (Phi) is 6.93. The van der Waals surface area contributed by atoms with E-state index in [1.54, 1.807) is 18.2 Å². The molecule has 0 fully saturated rings. The topological polar surface area (TPSA) is 121 Å². The number of hydrogen-bond acceptors (Lipinski definition) is 9. The lowest BCUT2D eigenvalue weighted by atomic mass is 10.3. The lowest BCUT2D eigenvalue weighted by molar-refractivity contribution is -0.145. The fourth-order valence-corrected chi connectivity index (χ4v) is 2.42. The van der Waals surface area contributed by atoms with E-state index in [1.807, 2.05) is 6.07 Å². The molecule has 9 nitrogen and oxygen atoms in total. The molecule has 3 aromatic rings. The molecule has 30 heavy (non-hydrogen) atoms. The van der Waals surface area contributed by atoms with Crippen molar-refractivity contribution in [2.45, 2.75) is 13.0 Å². The third-order valence-electron chi connectivity index (χ3n) is 3.79. The zero-order valence-corrected chi connectivity index (χ0v) is 16.2. The molecule has 3 N–H and O–H groups in total. The van der Waals surface area contributed by atoms with Crippen molar-refractivity contribution in [2.24, 2.45) is 0 Å². The summed E-state index contributed by atoms with van der Waals surface area (Å²) < 4.78 is 28.9. The highest BCUT2D eigenvalue weighted by atomic mass is 19.1. The third-order valence-corrected chi connectivity index (χ3v) is 3.79. The zero-order valence-electron chi connectivity index (χ0n) is 16.2. The number of ether oxygens (including phenoxy) is 3. The molecule has 0 aliphatic rings. The molecular weight excluding hydrogens is 393 g/mol. The monoisotopic (exact) mass is 413 g/mol. The van der Waals surface area contributed by atoms with E-state index in [-0.39, 0.29) is 43.2 Å². The highest BCUT2D eigenvalue weighted by Crippen LogP contribution is 2.25. The van der Waals surface area contributed by atoms with Gasteiger partial charge in [0.15, 0.2) is 23.9 Å². The first-order valence-electron chi connectivity index (χ1n) is 8.98. The summed E-state index contributed by atoms with van der Waals surface area (Å²) in [7, 11) is 1.54. The van der Waals surface area contributed by atoms with Gasteiger partial charge in [-0.1, -0.05) is 12.1 Å². The molecule has 0 amide bonds. The predicted molar refractivity (Wildman–Crippen MR) is 107 cm³/mol. The predicted octanol–water partition coefficient (Wildman–Crippen LogP) is 2.86. The van der Waals surface area contributed by atoms with Gasteiger partial charge in [-0.25, -0.2) is 4.39 Å². The van der Waals surface area contributed by atoms with Crippen molar-refractivity contribution in [1.29, 1.82) is 0 Å². The molecule has 10 heteroatoms. The van der Waals surface area contributed by atoms with Crippen LogP contribution in [0.1, 0.15) is 12.2 Å². The number of aromatic nitrogens is 3. The van der Waals surface area contributed by atoms with Crippen LogP contribution in [-0.2, 0) is 16.1 Å². The molecule has 2 aromatic carbocycles. The number of nitrogens with zero attached hydrogens (tertiary/aromatic N) is 3. The zero-order chi connectivity index (χ0) is 21.3. The summed E-state index contributed by atoms with van der Waals surface area (Å²) in [6.45, 7) is -0.0613. The Morgan fingerprint density at radius 1 is 1.07 bits per heavy atom. The first kappa shape index (κ1) is 20.8. The fraction of sp³-hybridized carbons (Fsp3) is 0.200. The first-order valence-corrected chi connectivity index (χ1v) is 8.98. The molecule has 156 valence electrons. The van der Waals surface area contributed by atoms with E-state index in [0.29, 0.717) is 17.2 Å². The summed E-state index contributed by atoms with van der Waals surface area (Å²) in [6.07, 6.45) is 0.0271. The van der Waals surface area contributed by atoms with Crippen molar-refractivity contribution in [3.63, 3.8) is 0 Å². The quantitative estimate of drug-likeness (QED) is 0.510. The molecule has 1 aromatic heterocycles. The minimum atomic E-state index is -0.489. The van der Waals surface area contributed by atoms with Crippen LogP contribution in [0.5, 0.6) is 11.5 Å². The van der Waals surface area contributed by atoms with Crippen LogP contribution >= 0.6 is 0 Å². The number of hydrogen-bond donors (Lipinski definition) is 2. The molecule has 0 aliphatic carbocycles. The number of esters is 1. The van der Waals surface area contributed by atoms with Crippen LogP contribution in [0.25, 0.3) is 0 Å². The van der Waals surface area contributed by atoms with Crippen LogP contribution in [0.15, 0.2) is 48.5 Å². The van der Waals surface area contributed by atoms with Crippen LogP contribution in [0, 0.1) is 5.82 Å². The van der Waals surface area contributed by atoms with Crippen molar-refractivity contribution in [1.82, 2.24) is 15.0 Å². The summed E-state index contributed by atoms with van der Waals surface area (Å²) in [6, 6.07) is 12.8. The Bertz CT molecular complexity index is 1000. The minimum Gasteiger partial charge on any atom is -0.493 e. The maximum atomic E-state index is 13.0. The Morgan fingerprint density at radius 2 is 1.80 bits per heavy atom. The van der Waals surface area contributed by atoms with Crippen molar-refractivity contribution in [2.75, 3.05) is 24.8 Å². The van der Waals surface area contributed by atoms with Gasteiger partial charge in [0, 0.05) is 5.69 Å². The maximum absolute atomic E-state index is 13.0. The number of methoxy groups -OCH3 is 1. The van der Waals surface area contributed by atoms with E-state index in [2.05, 4.69) is 20.3 Å². The van der Waals surface area contributed by atoms with Gasteiger partial charge < -0.3 is 25.3 Å². The number of nitrogens with one attached hydrogen (secondary N) is 1. The lowest BCUT2D eigenvalue weighted by Crippen LogP contribution is -2.13. The Balaban J connectivity index is 1.50. The summed E-state index contributed by atoms with van der Waals surface area (Å²) in [5.74, 6) is 0.545. The van der Waals surface area contributed by atoms with Crippen molar-refractivity contribution in [3.8, 4) is 11.5 Å². The first-order chi connectivity index (χ1) is 14.5. The molecule has 0 radical (unpaired) electrons. The Hall–Kier alpha value is -3.95. The minimum absolute atomic E-state index is 0.0271. The Labute approximate surface area is 172 Å². The van der Waals surface area contributed by atoms with Gasteiger partial charge in [0.25, 0.3) is 0 Å². The van der Waals surface area contributed by atoms with Gasteiger partial charge >= 0.3 is 5.97 Å². The van der Waals surface area contributed by atoms with Crippen LogP contribution < -0.4 is 20.5 Å². The number of benzene rings is 2. The number of carbonyl (C=O) groups is 1. The van der Waals surface area contributed by atoms with E-state index in [1.165, 1.54) is 31.4 Å². The van der Waals surface area contributed by atoms with Gasteiger partial charge in [0.1, 0.15) is 5.82 Å². The molecule has 0 bridgehead atoms. The second kappa shape index (κ2) is 10.0. The SMILES string of the molecule is COc1ccccc1OCCC(=O)OCc1nc(N)nc(Nc2ccc(F)cc2)n1. The number of rotatable bonds is 9. The summed E-state index contributed by atoms with van der Waals surface area (Å²) >= 11 is 0. The Morgan fingerprint density at radius 3 is 2.53 bits per heavy atom. The standard InChI is InChI=1S/C20H20FN5O4/c1-28-15-4-2-3-5-16(15)29-11-10-18(27)30-12-17-24-19(22)26-20(25-17)23-14-8-6-13(21)7-9-14/h2-9H,10-12H2,1H3,(H3,22,23,24,25,26). The van der Waals surface area contributed by atoms with E-state index in [4.69, 9.17) is 19.9 Å². The lowest BCUT2D eigenvalue weighted by Gasteiger charge is -2.10. The molecular formula is C20H20FN5O4. The van der Waals surface area contributed by atoms with Crippen LogP contribution in [0.3, 0.4) is 0 Å². The number of anilines is 3. The molecule has 3 rings (SSSR count). The van der Waals surface area contributed by atoms with Gasteiger partial charge in [-0.3, -0.25) is 4.79 Å². The number of nitrogen functional groups attached to an aromatic ring is 1. The van der Waals surface area contributed by atoms with Crippen molar-refractivity contribution < 1.29 is 23.4 Å². The molecule has 0 atom stereocenters. The smallest absolute Gasteiger partial charge is 0.309 e. The normalized spacial score (nSPS) is 10.3. The second-order valence-electron chi connectivity index (χ2n) is 5.98. The average molecular weight is 413 g/mol.